The van der Waals surface area contributed by atoms with Crippen LogP contribution in [0.15, 0.2) is 10.7 Å². The first-order valence-corrected chi connectivity index (χ1v) is 3.08. The predicted octanol–water partition coefficient (Wildman–Crippen LogP) is 0.625. The van der Waals surface area contributed by atoms with E-state index in [0.29, 0.717) is 11.8 Å². The van der Waals surface area contributed by atoms with Crippen LogP contribution in [0.5, 0.6) is 0 Å². The van der Waals surface area contributed by atoms with Gasteiger partial charge in [-0.1, -0.05) is 0 Å². The Labute approximate surface area is 61.7 Å². The van der Waals surface area contributed by atoms with E-state index in [1.807, 2.05) is 0 Å². The molecule has 0 bridgehead atoms. The summed E-state index contributed by atoms with van der Waals surface area (Å²) in [5.41, 5.74) is 5.14. The number of nitrogens with two attached hydrogens (primary N) is 1. The second kappa shape index (κ2) is 3.74. The number of nitriles is 1. The molecular weight excluding hydrogens is 154 g/mol. The van der Waals surface area contributed by atoms with Crippen LogP contribution in [0, 0.1) is 20.8 Å². The highest BCUT2D eigenvalue weighted by Gasteiger charge is 2.13. The van der Waals surface area contributed by atoms with E-state index in [9.17, 15) is 10.1 Å². The lowest BCUT2D eigenvalue weighted by Gasteiger charge is -1.91. The van der Waals surface area contributed by atoms with Crippen LogP contribution >= 0.6 is 11.8 Å². The number of rotatable bonds is 2. The normalized spacial score (nSPS) is 11.6. The maximum Gasteiger partial charge on any atom is 0.335 e. The summed E-state index contributed by atoms with van der Waals surface area (Å²) in [4.78, 5) is 9.35. The number of hydrogen-bond acceptors (Lipinski definition) is 5. The average Bonchev–Trinajstić information content (AvgIpc) is 1.81. The lowest BCUT2D eigenvalue weighted by molar-refractivity contribution is -0.411. The Bertz CT molecular complexity index is 213. The summed E-state index contributed by atoms with van der Waals surface area (Å²) >= 11 is 0.454. The highest BCUT2D eigenvalue weighted by molar-refractivity contribution is 8.07. The van der Waals surface area contributed by atoms with Gasteiger partial charge in [0.2, 0.25) is 0 Å². The third-order valence-electron chi connectivity index (χ3n) is 0.645. The van der Waals surface area contributed by atoms with E-state index >= 15 is 0 Å². The maximum atomic E-state index is 10.0. The Morgan fingerprint density at radius 3 is 2.50 bits per heavy atom. The summed E-state index contributed by atoms with van der Waals surface area (Å²) in [5.74, 6) is 0. The Kier molecular flexibility index (Phi) is 3.28. The molecule has 10 heavy (non-hydrogen) atoms. The SMILES string of the molecule is C/C(N)=C(/SC#N)[N+](=O)[O-]. The zero-order chi connectivity index (χ0) is 8.15. The van der Waals surface area contributed by atoms with Crippen LogP contribution in [0.2, 0.25) is 0 Å². The van der Waals surface area contributed by atoms with E-state index in [0.717, 1.165) is 0 Å². The summed E-state index contributed by atoms with van der Waals surface area (Å²) in [6, 6.07) is 0. The van der Waals surface area contributed by atoms with E-state index in [-0.39, 0.29) is 10.7 Å². The van der Waals surface area contributed by atoms with Crippen molar-refractivity contribution in [2.45, 2.75) is 6.92 Å². The van der Waals surface area contributed by atoms with Crippen LogP contribution in [0.25, 0.3) is 0 Å². The van der Waals surface area contributed by atoms with Gasteiger partial charge in [-0.2, -0.15) is 5.26 Å². The number of nitro groups is 1. The minimum Gasteiger partial charge on any atom is -0.396 e. The molecule has 0 fully saturated rings. The first kappa shape index (κ1) is 8.78. The van der Waals surface area contributed by atoms with Crippen LogP contribution in [0.3, 0.4) is 0 Å². The van der Waals surface area contributed by atoms with Gasteiger partial charge in [-0.25, -0.2) is 0 Å². The van der Waals surface area contributed by atoms with Gasteiger partial charge < -0.3 is 5.73 Å². The summed E-state index contributed by atoms with van der Waals surface area (Å²) < 4.78 is 0. The van der Waals surface area contributed by atoms with Crippen LogP contribution in [-0.4, -0.2) is 4.92 Å². The molecule has 0 amide bonds. The van der Waals surface area contributed by atoms with Crippen molar-refractivity contribution in [2.24, 2.45) is 5.73 Å². The second-order valence-electron chi connectivity index (χ2n) is 1.44. The summed E-state index contributed by atoms with van der Waals surface area (Å²) in [6.07, 6.45) is 0. The molecule has 0 heterocycles. The van der Waals surface area contributed by atoms with Gasteiger partial charge in [-0.05, 0) is 6.92 Å². The standard InChI is InChI=1S/C4H5N3O2S/c1-3(6)4(7(8)9)10-2-5/h6H2,1H3/b4-3-. The Morgan fingerprint density at radius 1 is 1.90 bits per heavy atom. The van der Waals surface area contributed by atoms with Gasteiger partial charge in [0.05, 0.1) is 22.4 Å². The highest BCUT2D eigenvalue weighted by Crippen LogP contribution is 2.15. The van der Waals surface area contributed by atoms with Crippen LogP contribution in [0.1, 0.15) is 6.92 Å². The number of thioether (sulfide) groups is 1. The molecule has 0 aliphatic carbocycles. The van der Waals surface area contributed by atoms with Gasteiger partial charge in [0, 0.05) is 0 Å². The monoisotopic (exact) mass is 159 g/mol. The third-order valence-corrected chi connectivity index (χ3v) is 1.40. The quantitative estimate of drug-likeness (QED) is 0.362. The van der Waals surface area contributed by atoms with Gasteiger partial charge >= 0.3 is 5.03 Å². The molecule has 6 heteroatoms. The molecular formula is C4H5N3O2S. The molecule has 0 aliphatic heterocycles. The summed E-state index contributed by atoms with van der Waals surface area (Å²) in [5, 5.41) is 19.3. The van der Waals surface area contributed by atoms with Crippen molar-refractivity contribution in [1.82, 2.24) is 0 Å². The zero-order valence-electron chi connectivity index (χ0n) is 5.20. The Morgan fingerprint density at radius 2 is 2.40 bits per heavy atom. The van der Waals surface area contributed by atoms with Crippen molar-refractivity contribution in [3.05, 3.63) is 20.8 Å². The number of nitrogens with zero attached hydrogens (tertiary/aromatic N) is 2. The molecule has 0 aromatic heterocycles. The molecule has 0 aromatic carbocycles. The summed E-state index contributed by atoms with van der Waals surface area (Å²) in [6.45, 7) is 1.38. The predicted molar refractivity (Wildman–Crippen MR) is 37.1 cm³/mol. The minimum atomic E-state index is -0.677. The van der Waals surface area contributed by atoms with Crippen molar-refractivity contribution < 1.29 is 4.92 Å². The van der Waals surface area contributed by atoms with Gasteiger partial charge in [0.15, 0.2) is 0 Å². The smallest absolute Gasteiger partial charge is 0.335 e. The van der Waals surface area contributed by atoms with Crippen molar-refractivity contribution >= 4 is 11.8 Å². The summed E-state index contributed by atoms with van der Waals surface area (Å²) in [7, 11) is 0. The van der Waals surface area contributed by atoms with Crippen molar-refractivity contribution in [1.29, 1.82) is 5.26 Å². The van der Waals surface area contributed by atoms with E-state index in [2.05, 4.69) is 0 Å². The number of thiocyanates is 1. The second-order valence-corrected chi connectivity index (χ2v) is 2.21. The largest absolute Gasteiger partial charge is 0.396 e. The molecule has 0 unspecified atom stereocenters. The average molecular weight is 159 g/mol. The molecule has 0 saturated carbocycles. The van der Waals surface area contributed by atoms with Crippen LogP contribution in [0.4, 0.5) is 0 Å². The molecule has 0 aliphatic rings. The fourth-order valence-corrected chi connectivity index (χ4v) is 0.627. The molecule has 0 saturated heterocycles. The molecule has 5 nitrogen and oxygen atoms in total. The van der Waals surface area contributed by atoms with E-state index < -0.39 is 4.92 Å². The zero-order valence-corrected chi connectivity index (χ0v) is 6.01. The van der Waals surface area contributed by atoms with Gasteiger partial charge in [0.1, 0.15) is 5.40 Å². The lowest BCUT2D eigenvalue weighted by atomic mass is 10.6. The molecule has 2 N–H and O–H groups in total. The van der Waals surface area contributed by atoms with Crippen molar-refractivity contribution in [2.75, 3.05) is 0 Å². The van der Waals surface area contributed by atoms with Crippen molar-refractivity contribution in [3.8, 4) is 5.40 Å². The molecule has 0 rings (SSSR count). The highest BCUT2D eigenvalue weighted by atomic mass is 32.2. The van der Waals surface area contributed by atoms with E-state index in [4.69, 9.17) is 11.0 Å². The van der Waals surface area contributed by atoms with E-state index in [1.54, 1.807) is 5.40 Å². The van der Waals surface area contributed by atoms with Crippen molar-refractivity contribution in [3.63, 3.8) is 0 Å². The number of hydrogen-bond donors (Lipinski definition) is 1. The van der Waals surface area contributed by atoms with Gasteiger partial charge in [-0.3, -0.25) is 10.1 Å². The molecule has 0 radical (unpaired) electrons. The molecule has 54 valence electrons. The number of allylic oxidation sites excluding steroid dienone is 1. The molecule has 0 atom stereocenters. The third kappa shape index (κ3) is 2.37. The molecule has 0 spiro atoms. The van der Waals surface area contributed by atoms with Crippen LogP contribution in [-0.2, 0) is 0 Å². The Balaban J connectivity index is 4.48. The maximum absolute atomic E-state index is 10.0. The Hall–Kier alpha value is -1.22. The topological polar surface area (TPSA) is 93.0 Å². The molecule has 0 aromatic rings. The lowest BCUT2D eigenvalue weighted by Crippen LogP contribution is -2.03. The van der Waals surface area contributed by atoms with Crippen LogP contribution < -0.4 is 5.73 Å². The fourth-order valence-electron chi connectivity index (χ4n) is 0.305. The first-order chi connectivity index (χ1) is 4.59. The van der Waals surface area contributed by atoms with Gasteiger partial charge in [-0.15, -0.1) is 0 Å². The van der Waals surface area contributed by atoms with E-state index in [1.165, 1.54) is 6.92 Å². The fraction of sp³-hybridized carbons (Fsp3) is 0.250. The first-order valence-electron chi connectivity index (χ1n) is 2.26. The van der Waals surface area contributed by atoms with Gasteiger partial charge in [0.25, 0.3) is 0 Å². The minimum absolute atomic E-state index is 0.0524.